The van der Waals surface area contributed by atoms with Crippen LogP contribution in [0.2, 0.25) is 0 Å². The Morgan fingerprint density at radius 2 is 1.83 bits per heavy atom. The molecular weight excluding hydrogens is 394 g/mol. The van der Waals surface area contributed by atoms with Gasteiger partial charge in [-0.05, 0) is 24.8 Å². The lowest BCUT2D eigenvalue weighted by Gasteiger charge is -2.29. The first kappa shape index (κ1) is 20.3. The molecule has 5 nitrogen and oxygen atoms in total. The van der Waals surface area contributed by atoms with E-state index >= 15 is 0 Å². The average Bonchev–Trinajstić information content (AvgIpc) is 3.39. The number of aromatic nitrogens is 1. The summed E-state index contributed by atoms with van der Waals surface area (Å²) >= 11 is 1.55. The Morgan fingerprint density at radius 1 is 1.10 bits per heavy atom. The minimum Gasteiger partial charge on any atom is -0.351 e. The minimum absolute atomic E-state index is 0.00371. The summed E-state index contributed by atoms with van der Waals surface area (Å²) in [6.45, 7) is 0.464. The molecule has 3 aromatic rings. The molecule has 4 rings (SSSR count). The van der Waals surface area contributed by atoms with Gasteiger partial charge in [0, 0.05) is 23.9 Å². The van der Waals surface area contributed by atoms with Crippen LogP contribution in [0.15, 0.2) is 66.2 Å². The first-order valence-corrected chi connectivity index (χ1v) is 11.1. The molecule has 2 heterocycles. The van der Waals surface area contributed by atoms with E-state index in [1.165, 1.54) is 5.56 Å². The number of benzene rings is 2. The number of rotatable bonds is 8. The van der Waals surface area contributed by atoms with Crippen LogP contribution in [0, 0.1) is 0 Å². The summed E-state index contributed by atoms with van der Waals surface area (Å²) in [7, 11) is 0. The lowest BCUT2D eigenvalue weighted by Crippen LogP contribution is -2.44. The van der Waals surface area contributed by atoms with E-state index in [0.29, 0.717) is 25.8 Å². The molecule has 1 fully saturated rings. The van der Waals surface area contributed by atoms with Gasteiger partial charge >= 0.3 is 0 Å². The Morgan fingerprint density at radius 3 is 2.53 bits per heavy atom. The second-order valence-electron chi connectivity index (χ2n) is 7.76. The molecule has 30 heavy (non-hydrogen) atoms. The Labute approximate surface area is 180 Å². The standard InChI is InChI=1S/C24H25N3O2S/c28-21(25-16-20-23(26-17-30-20)19-9-5-2-6-10-19)11-13-24(14-12-22(29)27-24)15-18-7-3-1-4-8-18/h1-10,17H,11-16H2,(H,25,28)(H,27,29)/t24-/m0/s1. The SMILES string of the molecule is O=C(CC[C@@]1(Cc2ccccc2)CCC(=O)N1)NCc1scnc1-c1ccccc1. The summed E-state index contributed by atoms with van der Waals surface area (Å²) in [5, 5.41) is 6.17. The maximum atomic E-state index is 12.6. The van der Waals surface area contributed by atoms with Crippen LogP contribution >= 0.6 is 11.3 Å². The summed E-state index contributed by atoms with van der Waals surface area (Å²) in [4.78, 5) is 30.0. The highest BCUT2D eigenvalue weighted by atomic mass is 32.1. The van der Waals surface area contributed by atoms with E-state index in [9.17, 15) is 9.59 Å². The predicted octanol–water partition coefficient (Wildman–Crippen LogP) is 4.10. The fraction of sp³-hybridized carbons (Fsp3) is 0.292. The molecule has 154 valence electrons. The Kier molecular flexibility index (Phi) is 6.23. The number of hydrogen-bond donors (Lipinski definition) is 2. The quantitative estimate of drug-likeness (QED) is 0.578. The van der Waals surface area contributed by atoms with Crippen LogP contribution in [-0.2, 0) is 22.6 Å². The molecule has 0 spiro atoms. The molecule has 0 radical (unpaired) electrons. The molecule has 1 saturated heterocycles. The van der Waals surface area contributed by atoms with Crippen molar-refractivity contribution in [2.45, 2.75) is 44.2 Å². The zero-order valence-electron chi connectivity index (χ0n) is 16.8. The third-order valence-corrected chi connectivity index (χ3v) is 6.42. The smallest absolute Gasteiger partial charge is 0.220 e. The van der Waals surface area contributed by atoms with Crippen LogP contribution in [0.1, 0.15) is 36.1 Å². The van der Waals surface area contributed by atoms with Gasteiger partial charge in [-0.1, -0.05) is 60.7 Å². The highest BCUT2D eigenvalue weighted by Gasteiger charge is 2.37. The second kappa shape index (κ2) is 9.22. The third kappa shape index (κ3) is 4.94. The molecule has 1 aliphatic heterocycles. The molecule has 6 heteroatoms. The molecule has 2 aromatic carbocycles. The average molecular weight is 420 g/mol. The number of nitrogens with one attached hydrogen (secondary N) is 2. The van der Waals surface area contributed by atoms with Gasteiger partial charge in [-0.3, -0.25) is 9.59 Å². The summed E-state index contributed by atoms with van der Waals surface area (Å²) in [5.41, 5.74) is 4.63. The predicted molar refractivity (Wildman–Crippen MR) is 119 cm³/mol. The van der Waals surface area contributed by atoms with Gasteiger partial charge in [0.1, 0.15) is 0 Å². The van der Waals surface area contributed by atoms with Crippen LogP contribution in [0.5, 0.6) is 0 Å². The second-order valence-corrected chi connectivity index (χ2v) is 8.70. The third-order valence-electron chi connectivity index (χ3n) is 5.59. The first-order chi connectivity index (χ1) is 14.6. The summed E-state index contributed by atoms with van der Waals surface area (Å²) in [6.07, 6.45) is 3.05. The Balaban J connectivity index is 1.35. The van der Waals surface area contributed by atoms with Crippen LogP contribution in [0.4, 0.5) is 0 Å². The van der Waals surface area contributed by atoms with Gasteiger partial charge in [0.25, 0.3) is 0 Å². The summed E-state index contributed by atoms with van der Waals surface area (Å²) in [5.74, 6) is 0.0690. The molecule has 0 unspecified atom stereocenters. The molecule has 0 aliphatic carbocycles. The summed E-state index contributed by atoms with van der Waals surface area (Å²) < 4.78 is 0. The zero-order valence-corrected chi connectivity index (χ0v) is 17.6. The van der Waals surface area contributed by atoms with Crippen molar-refractivity contribution in [3.63, 3.8) is 0 Å². The number of amides is 2. The van der Waals surface area contributed by atoms with E-state index in [1.807, 2.05) is 54.0 Å². The highest BCUT2D eigenvalue weighted by Crippen LogP contribution is 2.30. The van der Waals surface area contributed by atoms with Crippen LogP contribution in [-0.4, -0.2) is 22.3 Å². The van der Waals surface area contributed by atoms with E-state index in [1.54, 1.807) is 11.3 Å². The van der Waals surface area contributed by atoms with Crippen molar-refractivity contribution >= 4 is 23.2 Å². The van der Waals surface area contributed by atoms with E-state index in [0.717, 1.165) is 29.0 Å². The van der Waals surface area contributed by atoms with Gasteiger partial charge in [0.05, 0.1) is 22.6 Å². The minimum atomic E-state index is -0.338. The van der Waals surface area contributed by atoms with E-state index in [4.69, 9.17) is 0 Å². The molecule has 1 atom stereocenters. The van der Waals surface area contributed by atoms with Crippen molar-refractivity contribution in [1.29, 1.82) is 0 Å². The van der Waals surface area contributed by atoms with Gasteiger partial charge in [-0.15, -0.1) is 11.3 Å². The van der Waals surface area contributed by atoms with Crippen LogP contribution in [0.3, 0.4) is 0 Å². The first-order valence-electron chi connectivity index (χ1n) is 10.2. The Hall–Kier alpha value is -2.99. The van der Waals surface area contributed by atoms with Gasteiger partial charge in [0.2, 0.25) is 11.8 Å². The maximum Gasteiger partial charge on any atom is 0.220 e. The Bertz CT molecular complexity index is 1000. The fourth-order valence-electron chi connectivity index (χ4n) is 4.02. The topological polar surface area (TPSA) is 71.1 Å². The number of carbonyl (C=O) groups excluding carboxylic acids is 2. The normalized spacial score (nSPS) is 18.2. The van der Waals surface area contributed by atoms with Gasteiger partial charge in [-0.25, -0.2) is 4.98 Å². The lowest BCUT2D eigenvalue weighted by molar-refractivity contribution is -0.122. The van der Waals surface area contributed by atoms with Crippen LogP contribution in [0.25, 0.3) is 11.3 Å². The zero-order chi connectivity index (χ0) is 20.8. The molecule has 0 saturated carbocycles. The molecule has 2 N–H and O–H groups in total. The van der Waals surface area contributed by atoms with Crippen LogP contribution < -0.4 is 10.6 Å². The monoisotopic (exact) mass is 419 g/mol. The van der Waals surface area contributed by atoms with Crippen molar-refractivity contribution in [3.05, 3.63) is 76.6 Å². The van der Waals surface area contributed by atoms with Crippen molar-refractivity contribution in [3.8, 4) is 11.3 Å². The molecule has 1 aromatic heterocycles. The van der Waals surface area contributed by atoms with Gasteiger partial charge in [0.15, 0.2) is 0 Å². The summed E-state index contributed by atoms with van der Waals surface area (Å²) in [6, 6.07) is 20.1. The molecule has 1 aliphatic rings. The molecule has 0 bridgehead atoms. The van der Waals surface area contributed by atoms with E-state index in [-0.39, 0.29) is 17.4 Å². The number of carbonyl (C=O) groups is 2. The van der Waals surface area contributed by atoms with Crippen molar-refractivity contribution < 1.29 is 9.59 Å². The molecule has 2 amide bonds. The van der Waals surface area contributed by atoms with Gasteiger partial charge in [-0.2, -0.15) is 0 Å². The van der Waals surface area contributed by atoms with Gasteiger partial charge < -0.3 is 10.6 Å². The fourth-order valence-corrected chi connectivity index (χ4v) is 4.74. The number of hydrogen-bond acceptors (Lipinski definition) is 4. The number of nitrogens with zero attached hydrogens (tertiary/aromatic N) is 1. The van der Waals surface area contributed by atoms with E-state index in [2.05, 4.69) is 27.8 Å². The van der Waals surface area contributed by atoms with Crippen molar-refractivity contribution in [2.24, 2.45) is 0 Å². The molecular formula is C24H25N3O2S. The lowest BCUT2D eigenvalue weighted by atomic mass is 9.85. The van der Waals surface area contributed by atoms with E-state index < -0.39 is 0 Å². The van der Waals surface area contributed by atoms with Crippen molar-refractivity contribution in [2.75, 3.05) is 0 Å². The van der Waals surface area contributed by atoms with Crippen molar-refractivity contribution in [1.82, 2.24) is 15.6 Å². The highest BCUT2D eigenvalue weighted by molar-refractivity contribution is 7.10. The number of thiazole rings is 1. The maximum absolute atomic E-state index is 12.6. The largest absolute Gasteiger partial charge is 0.351 e.